The van der Waals surface area contributed by atoms with E-state index in [2.05, 4.69) is 45.8 Å². The molecule has 0 aliphatic carbocycles. The van der Waals surface area contributed by atoms with Gasteiger partial charge in [0.05, 0.1) is 0 Å². The average molecular weight is 357 g/mol. The van der Waals surface area contributed by atoms with Gasteiger partial charge in [0.1, 0.15) is 5.75 Å². The minimum absolute atomic E-state index is 0.402. The van der Waals surface area contributed by atoms with Gasteiger partial charge in [-0.1, -0.05) is 18.2 Å². The Morgan fingerprint density at radius 1 is 0.909 bits per heavy atom. The highest BCUT2D eigenvalue weighted by Gasteiger charge is 2.37. The van der Waals surface area contributed by atoms with E-state index in [0.717, 1.165) is 24.4 Å². The maximum atomic E-state index is 9.83. The number of phenols is 1. The first-order valence-corrected chi connectivity index (χ1v) is 17.4. The molecular formula is C16H32O3Si3. The fourth-order valence-electron chi connectivity index (χ4n) is 2.90. The Hall–Kier alpha value is -0.409. The number of hydrogen-bond donors (Lipinski definition) is 1. The van der Waals surface area contributed by atoms with Gasteiger partial charge in [-0.25, -0.2) is 0 Å². The van der Waals surface area contributed by atoms with Gasteiger partial charge in [-0.2, -0.15) is 0 Å². The van der Waals surface area contributed by atoms with Crippen molar-refractivity contribution < 1.29 is 13.3 Å². The van der Waals surface area contributed by atoms with Crippen molar-refractivity contribution >= 4 is 25.2 Å². The topological polar surface area (TPSA) is 38.7 Å². The third-order valence-corrected chi connectivity index (χ3v) is 13.4. The standard InChI is InChI=1S/C16H32O3Si3/c1-20(2,3)18-22(6,7)19-21(4,5)14-10-12-15-11-8-9-13-16(15)17/h8-9,11,13,17H,10,12,14H2,1-7H3. The zero-order valence-electron chi connectivity index (χ0n) is 15.2. The molecule has 0 atom stereocenters. The molecule has 1 aromatic carbocycles. The first-order valence-electron chi connectivity index (χ1n) is 8.07. The van der Waals surface area contributed by atoms with Gasteiger partial charge in [-0.3, -0.25) is 0 Å². The molecule has 0 aliphatic heterocycles. The molecule has 0 saturated carbocycles. The molecule has 0 fully saturated rings. The predicted octanol–water partition coefficient (Wildman–Crippen LogP) is 5.10. The van der Waals surface area contributed by atoms with Crippen molar-refractivity contribution in [2.75, 3.05) is 0 Å². The summed E-state index contributed by atoms with van der Waals surface area (Å²) in [6, 6.07) is 8.69. The summed E-state index contributed by atoms with van der Waals surface area (Å²) in [4.78, 5) is 0. The lowest BCUT2D eigenvalue weighted by Gasteiger charge is -2.37. The van der Waals surface area contributed by atoms with Gasteiger partial charge < -0.3 is 13.3 Å². The van der Waals surface area contributed by atoms with Crippen LogP contribution in [0.4, 0.5) is 0 Å². The molecular weight excluding hydrogens is 324 g/mol. The molecule has 0 unspecified atom stereocenters. The summed E-state index contributed by atoms with van der Waals surface area (Å²) in [6.07, 6.45) is 1.96. The molecule has 0 spiro atoms. The second kappa shape index (κ2) is 7.44. The van der Waals surface area contributed by atoms with E-state index in [4.69, 9.17) is 8.23 Å². The second-order valence-corrected chi connectivity index (χ2v) is 20.6. The van der Waals surface area contributed by atoms with E-state index in [1.807, 2.05) is 18.2 Å². The number of aromatic hydroxyl groups is 1. The van der Waals surface area contributed by atoms with Crippen molar-refractivity contribution in [2.24, 2.45) is 0 Å². The van der Waals surface area contributed by atoms with Crippen LogP contribution in [0.5, 0.6) is 5.75 Å². The van der Waals surface area contributed by atoms with Crippen molar-refractivity contribution in [1.82, 2.24) is 0 Å². The Kier molecular flexibility index (Phi) is 6.64. The third-order valence-electron chi connectivity index (χ3n) is 3.29. The van der Waals surface area contributed by atoms with Crippen molar-refractivity contribution in [3.05, 3.63) is 29.8 Å². The molecule has 1 N–H and O–H groups in total. The largest absolute Gasteiger partial charge is 0.508 e. The van der Waals surface area contributed by atoms with Gasteiger partial charge >= 0.3 is 8.56 Å². The molecule has 1 aromatic rings. The van der Waals surface area contributed by atoms with Crippen LogP contribution in [0.25, 0.3) is 0 Å². The minimum Gasteiger partial charge on any atom is -0.508 e. The van der Waals surface area contributed by atoms with Crippen LogP contribution in [-0.4, -0.2) is 30.3 Å². The Morgan fingerprint density at radius 2 is 1.50 bits per heavy atom. The SMILES string of the molecule is C[Si](C)(C)O[Si](C)(C)O[Si](C)(C)CCCc1ccccc1O. The molecule has 6 heteroatoms. The maximum absolute atomic E-state index is 9.83. The average Bonchev–Trinajstić information content (AvgIpc) is 2.26. The summed E-state index contributed by atoms with van der Waals surface area (Å²) in [6.45, 7) is 15.6. The van der Waals surface area contributed by atoms with Gasteiger partial charge in [0, 0.05) is 0 Å². The Morgan fingerprint density at radius 3 is 2.05 bits per heavy atom. The Bertz CT molecular complexity index is 482. The van der Waals surface area contributed by atoms with E-state index in [0.29, 0.717) is 5.75 Å². The lowest BCUT2D eigenvalue weighted by molar-refractivity contribution is 0.391. The van der Waals surface area contributed by atoms with Crippen LogP contribution in [0.2, 0.25) is 51.9 Å². The van der Waals surface area contributed by atoms with Crippen molar-refractivity contribution in [3.8, 4) is 5.75 Å². The molecule has 0 heterocycles. The van der Waals surface area contributed by atoms with Crippen LogP contribution in [0.1, 0.15) is 12.0 Å². The van der Waals surface area contributed by atoms with E-state index in [1.54, 1.807) is 6.07 Å². The molecule has 0 aromatic heterocycles. The number of benzene rings is 1. The maximum Gasteiger partial charge on any atom is 0.311 e. The molecule has 0 radical (unpaired) electrons. The summed E-state index contributed by atoms with van der Waals surface area (Å²) >= 11 is 0. The van der Waals surface area contributed by atoms with E-state index in [-0.39, 0.29) is 0 Å². The number of para-hydroxylation sites is 1. The zero-order valence-corrected chi connectivity index (χ0v) is 18.2. The minimum atomic E-state index is -2.04. The summed E-state index contributed by atoms with van der Waals surface area (Å²) in [5.74, 6) is 0.402. The van der Waals surface area contributed by atoms with Crippen LogP contribution in [0.3, 0.4) is 0 Å². The first kappa shape index (κ1) is 19.6. The number of hydrogen-bond acceptors (Lipinski definition) is 3. The number of phenolic OH excluding ortho intramolecular Hbond substituents is 1. The van der Waals surface area contributed by atoms with Gasteiger partial charge in [0.2, 0.25) is 0 Å². The normalized spacial score (nSPS) is 13.4. The lowest BCUT2D eigenvalue weighted by Crippen LogP contribution is -2.51. The molecule has 0 aliphatic rings. The zero-order chi connectivity index (χ0) is 17.0. The number of aryl methyl sites for hydroxylation is 1. The van der Waals surface area contributed by atoms with Crippen molar-refractivity contribution in [2.45, 2.75) is 64.7 Å². The van der Waals surface area contributed by atoms with E-state index in [1.165, 1.54) is 0 Å². The fraction of sp³-hybridized carbons (Fsp3) is 0.625. The summed E-state index contributed by atoms with van der Waals surface area (Å²) in [7, 11) is -5.33. The smallest absolute Gasteiger partial charge is 0.311 e. The molecule has 3 nitrogen and oxygen atoms in total. The lowest BCUT2D eigenvalue weighted by atomic mass is 10.1. The van der Waals surface area contributed by atoms with Crippen LogP contribution in [0.15, 0.2) is 24.3 Å². The Balaban J connectivity index is 2.52. The monoisotopic (exact) mass is 356 g/mol. The number of rotatable bonds is 8. The van der Waals surface area contributed by atoms with E-state index < -0.39 is 25.2 Å². The highest BCUT2D eigenvalue weighted by molar-refractivity contribution is 6.87. The highest BCUT2D eigenvalue weighted by atomic mass is 28.5. The van der Waals surface area contributed by atoms with E-state index >= 15 is 0 Å². The fourth-order valence-corrected chi connectivity index (χ4v) is 16.1. The molecule has 0 saturated heterocycles. The molecule has 0 bridgehead atoms. The van der Waals surface area contributed by atoms with Crippen LogP contribution in [0, 0.1) is 0 Å². The Labute approximate surface area is 139 Å². The van der Waals surface area contributed by atoms with Crippen molar-refractivity contribution in [1.29, 1.82) is 0 Å². The molecule has 126 valence electrons. The van der Waals surface area contributed by atoms with Gasteiger partial charge in [-0.05, 0) is 76.3 Å². The quantitative estimate of drug-likeness (QED) is 0.659. The van der Waals surface area contributed by atoms with E-state index in [9.17, 15) is 5.11 Å². The second-order valence-electron chi connectivity index (χ2n) is 7.96. The summed E-state index contributed by atoms with van der Waals surface area (Å²) in [5, 5.41) is 9.83. The van der Waals surface area contributed by atoms with Gasteiger partial charge in [0.15, 0.2) is 16.6 Å². The first-order chi connectivity index (χ1) is 9.90. The predicted molar refractivity (Wildman–Crippen MR) is 102 cm³/mol. The van der Waals surface area contributed by atoms with Crippen LogP contribution in [-0.2, 0) is 14.7 Å². The van der Waals surface area contributed by atoms with Gasteiger partial charge in [0.25, 0.3) is 0 Å². The molecule has 0 amide bonds. The van der Waals surface area contributed by atoms with Crippen LogP contribution < -0.4 is 0 Å². The van der Waals surface area contributed by atoms with Crippen LogP contribution >= 0.6 is 0 Å². The van der Waals surface area contributed by atoms with Crippen molar-refractivity contribution in [3.63, 3.8) is 0 Å². The summed E-state index contributed by atoms with van der Waals surface area (Å²) in [5.41, 5.74) is 1.03. The highest BCUT2D eigenvalue weighted by Crippen LogP contribution is 2.25. The van der Waals surface area contributed by atoms with Gasteiger partial charge in [-0.15, -0.1) is 0 Å². The molecule has 1 rings (SSSR count). The third kappa shape index (κ3) is 7.73. The molecule has 22 heavy (non-hydrogen) atoms. The summed E-state index contributed by atoms with van der Waals surface area (Å²) < 4.78 is 12.8.